The van der Waals surface area contributed by atoms with Gasteiger partial charge in [0.25, 0.3) is 0 Å². The maximum Gasteiger partial charge on any atom is 0.365 e. The Labute approximate surface area is 114 Å². The van der Waals surface area contributed by atoms with Crippen LogP contribution in [0.15, 0.2) is 54.6 Å². The number of carbonyl (C=O) groups is 1. The number of benzene rings is 2. The molecule has 0 radical (unpaired) electrons. The van der Waals surface area contributed by atoms with E-state index in [0.717, 1.165) is 0 Å². The van der Waals surface area contributed by atoms with Gasteiger partial charge in [0.15, 0.2) is 0 Å². The van der Waals surface area contributed by atoms with E-state index in [-0.39, 0.29) is 16.9 Å². The fraction of sp³-hybridized carbons (Fsp3) is 0.133. The molecule has 0 saturated carbocycles. The van der Waals surface area contributed by atoms with Crippen LogP contribution in [0.25, 0.3) is 0 Å². The van der Waals surface area contributed by atoms with Gasteiger partial charge in [0.1, 0.15) is 5.75 Å². The molecule has 0 aromatic heterocycles. The number of aliphatic hydroxyl groups is 3. The molecule has 0 fully saturated rings. The van der Waals surface area contributed by atoms with Crippen molar-refractivity contribution in [1.82, 2.24) is 0 Å². The molecule has 1 aliphatic heterocycles. The summed E-state index contributed by atoms with van der Waals surface area (Å²) < 4.78 is 5.00. The quantitative estimate of drug-likeness (QED) is 0.668. The van der Waals surface area contributed by atoms with E-state index in [1.165, 1.54) is 24.3 Å². The van der Waals surface area contributed by atoms with Crippen molar-refractivity contribution in [3.8, 4) is 5.75 Å². The molecule has 1 heterocycles. The predicted octanol–water partition coefficient (Wildman–Crippen LogP) is 0.788. The fourth-order valence-electron chi connectivity index (χ4n) is 2.31. The zero-order valence-corrected chi connectivity index (χ0v) is 10.4. The summed E-state index contributed by atoms with van der Waals surface area (Å²) in [5.41, 5.74) is -2.44. The zero-order valence-electron chi connectivity index (χ0n) is 10.4. The van der Waals surface area contributed by atoms with Gasteiger partial charge < -0.3 is 20.1 Å². The molecule has 20 heavy (non-hydrogen) atoms. The van der Waals surface area contributed by atoms with E-state index in [1.54, 1.807) is 30.3 Å². The minimum absolute atomic E-state index is 0.0168. The van der Waals surface area contributed by atoms with Gasteiger partial charge in [0.05, 0.1) is 5.56 Å². The summed E-state index contributed by atoms with van der Waals surface area (Å²) in [6, 6.07) is 13.8. The Morgan fingerprint density at radius 3 is 2.15 bits per heavy atom. The first-order valence-corrected chi connectivity index (χ1v) is 6.02. The van der Waals surface area contributed by atoms with Crippen molar-refractivity contribution in [3.63, 3.8) is 0 Å². The van der Waals surface area contributed by atoms with Crippen molar-refractivity contribution < 1.29 is 24.9 Å². The molecule has 1 atom stereocenters. The van der Waals surface area contributed by atoms with Crippen molar-refractivity contribution in [2.24, 2.45) is 0 Å². The SMILES string of the molecule is O=C1c2ccccc2OC(O)(O)C1(O)c1ccccc1. The summed E-state index contributed by atoms with van der Waals surface area (Å²) in [5, 5.41) is 30.7. The molecule has 3 N–H and O–H groups in total. The third kappa shape index (κ3) is 1.58. The Hall–Kier alpha value is -2.21. The van der Waals surface area contributed by atoms with Gasteiger partial charge in [0, 0.05) is 5.56 Å². The second kappa shape index (κ2) is 4.14. The minimum atomic E-state index is -3.04. The number of ether oxygens (including phenoxy) is 1. The summed E-state index contributed by atoms with van der Waals surface area (Å²) >= 11 is 0. The Bertz CT molecular complexity index is 665. The molecular formula is C15H12O5. The highest BCUT2D eigenvalue weighted by Gasteiger charge is 2.61. The van der Waals surface area contributed by atoms with Crippen molar-refractivity contribution in [2.45, 2.75) is 11.6 Å². The Kier molecular flexibility index (Phi) is 2.65. The van der Waals surface area contributed by atoms with Crippen molar-refractivity contribution in [3.05, 3.63) is 65.7 Å². The fourth-order valence-corrected chi connectivity index (χ4v) is 2.31. The number of hydrogen-bond acceptors (Lipinski definition) is 5. The van der Waals surface area contributed by atoms with E-state index in [2.05, 4.69) is 0 Å². The lowest BCUT2D eigenvalue weighted by molar-refractivity contribution is -0.366. The predicted molar refractivity (Wildman–Crippen MR) is 68.9 cm³/mol. The number of ketones is 1. The molecule has 2 aromatic rings. The molecule has 0 amide bonds. The van der Waals surface area contributed by atoms with E-state index < -0.39 is 17.4 Å². The number of carbonyl (C=O) groups excluding carboxylic acids is 1. The average Bonchev–Trinajstić information content (AvgIpc) is 2.45. The van der Waals surface area contributed by atoms with Crippen LogP contribution in [0.3, 0.4) is 0 Å². The smallest absolute Gasteiger partial charge is 0.365 e. The summed E-state index contributed by atoms with van der Waals surface area (Å²) in [4.78, 5) is 12.5. The highest BCUT2D eigenvalue weighted by molar-refractivity contribution is 6.06. The topological polar surface area (TPSA) is 87.0 Å². The highest BCUT2D eigenvalue weighted by atomic mass is 16.8. The average molecular weight is 272 g/mol. The van der Waals surface area contributed by atoms with E-state index >= 15 is 0 Å². The lowest BCUT2D eigenvalue weighted by atomic mass is 9.81. The van der Waals surface area contributed by atoms with Crippen LogP contribution in [0.4, 0.5) is 0 Å². The van der Waals surface area contributed by atoms with E-state index in [0.29, 0.717) is 0 Å². The molecular weight excluding hydrogens is 260 g/mol. The second-order valence-electron chi connectivity index (χ2n) is 4.61. The summed E-state index contributed by atoms with van der Waals surface area (Å²) in [6.07, 6.45) is 0. The van der Waals surface area contributed by atoms with Crippen LogP contribution in [-0.2, 0) is 5.60 Å². The van der Waals surface area contributed by atoms with E-state index in [4.69, 9.17) is 4.74 Å². The van der Waals surface area contributed by atoms with Gasteiger partial charge in [0.2, 0.25) is 11.4 Å². The zero-order chi connectivity index (χ0) is 14.4. The van der Waals surface area contributed by atoms with Crippen LogP contribution in [0, 0.1) is 0 Å². The summed E-state index contributed by atoms with van der Waals surface area (Å²) in [5.74, 6) is -3.85. The van der Waals surface area contributed by atoms with E-state index in [1.807, 2.05) is 0 Å². The highest BCUT2D eigenvalue weighted by Crippen LogP contribution is 2.42. The normalized spacial score (nSPS) is 23.9. The molecule has 102 valence electrons. The first kappa shape index (κ1) is 12.8. The molecule has 1 unspecified atom stereocenters. The first-order chi connectivity index (χ1) is 9.47. The van der Waals surface area contributed by atoms with Crippen molar-refractivity contribution in [2.75, 3.05) is 0 Å². The van der Waals surface area contributed by atoms with Crippen LogP contribution in [0.2, 0.25) is 0 Å². The van der Waals surface area contributed by atoms with Gasteiger partial charge in [-0.15, -0.1) is 0 Å². The number of fused-ring (bicyclic) bond motifs is 1. The maximum atomic E-state index is 12.5. The van der Waals surface area contributed by atoms with Gasteiger partial charge in [-0.25, -0.2) is 0 Å². The van der Waals surface area contributed by atoms with Gasteiger partial charge >= 0.3 is 5.97 Å². The Morgan fingerprint density at radius 2 is 1.45 bits per heavy atom. The lowest BCUT2D eigenvalue weighted by Gasteiger charge is -2.41. The lowest BCUT2D eigenvalue weighted by Crippen LogP contribution is -2.62. The van der Waals surface area contributed by atoms with Crippen molar-refractivity contribution >= 4 is 5.78 Å². The molecule has 5 heteroatoms. The van der Waals surface area contributed by atoms with Crippen LogP contribution in [0.5, 0.6) is 5.75 Å². The number of hydrogen-bond donors (Lipinski definition) is 3. The van der Waals surface area contributed by atoms with Gasteiger partial charge in [-0.2, -0.15) is 0 Å². The molecule has 0 bridgehead atoms. The second-order valence-corrected chi connectivity index (χ2v) is 4.61. The van der Waals surface area contributed by atoms with Crippen LogP contribution >= 0.6 is 0 Å². The van der Waals surface area contributed by atoms with Gasteiger partial charge in [-0.3, -0.25) is 4.79 Å². The molecule has 1 aliphatic rings. The van der Waals surface area contributed by atoms with Crippen LogP contribution in [0.1, 0.15) is 15.9 Å². The molecule has 0 aliphatic carbocycles. The summed E-state index contributed by atoms with van der Waals surface area (Å²) in [7, 11) is 0. The number of rotatable bonds is 1. The first-order valence-electron chi connectivity index (χ1n) is 6.02. The molecule has 5 nitrogen and oxygen atoms in total. The standard InChI is InChI=1S/C15H12O5/c16-13-11-8-4-5-9-12(11)20-15(18,19)14(13,17)10-6-2-1-3-7-10/h1-9,17-19H. The third-order valence-electron chi connectivity index (χ3n) is 3.38. The third-order valence-corrected chi connectivity index (χ3v) is 3.38. The minimum Gasteiger partial charge on any atom is -0.436 e. The van der Waals surface area contributed by atoms with E-state index in [9.17, 15) is 20.1 Å². The maximum absolute atomic E-state index is 12.5. The van der Waals surface area contributed by atoms with Crippen LogP contribution < -0.4 is 4.74 Å². The molecule has 0 saturated heterocycles. The monoisotopic (exact) mass is 272 g/mol. The summed E-state index contributed by atoms with van der Waals surface area (Å²) in [6.45, 7) is 0. The Morgan fingerprint density at radius 1 is 0.850 bits per heavy atom. The van der Waals surface area contributed by atoms with Gasteiger partial charge in [-0.05, 0) is 12.1 Å². The largest absolute Gasteiger partial charge is 0.436 e. The molecule has 3 rings (SSSR count). The Balaban J connectivity index is 2.23. The van der Waals surface area contributed by atoms with Crippen molar-refractivity contribution in [1.29, 1.82) is 0 Å². The number of para-hydroxylation sites is 1. The molecule has 0 spiro atoms. The number of Topliss-reactive ketones (excluding diaryl/α,β-unsaturated/α-hetero) is 1. The van der Waals surface area contributed by atoms with Crippen LogP contribution in [-0.4, -0.2) is 27.1 Å². The van der Waals surface area contributed by atoms with Gasteiger partial charge in [-0.1, -0.05) is 42.5 Å². The molecule has 2 aromatic carbocycles.